The molecule has 0 bridgehead atoms. The molecule has 2 rings (SSSR count). The van der Waals surface area contributed by atoms with Crippen LogP contribution in [0.25, 0.3) is 0 Å². The van der Waals surface area contributed by atoms with E-state index in [4.69, 9.17) is 19.9 Å². The average Bonchev–Trinajstić information content (AvgIpc) is 2.63. The zero-order chi connectivity index (χ0) is 18.1. The third-order valence-corrected chi connectivity index (χ3v) is 3.76. The first-order chi connectivity index (χ1) is 12.1. The summed E-state index contributed by atoms with van der Waals surface area (Å²) in [5.41, 5.74) is 7.98. The molecule has 0 aliphatic heterocycles. The average molecular weight is 343 g/mol. The van der Waals surface area contributed by atoms with Gasteiger partial charge in [-0.2, -0.15) is 0 Å². The predicted molar refractivity (Wildman–Crippen MR) is 96.9 cm³/mol. The number of benzene rings is 2. The molecule has 2 aromatic rings. The van der Waals surface area contributed by atoms with Gasteiger partial charge in [-0.15, -0.1) is 0 Å². The topological polar surface area (TPSA) is 70.8 Å². The second-order valence-corrected chi connectivity index (χ2v) is 5.63. The summed E-state index contributed by atoms with van der Waals surface area (Å²) in [6.07, 6.45) is 1.21. The van der Waals surface area contributed by atoms with E-state index in [0.717, 1.165) is 12.0 Å². The molecule has 0 fully saturated rings. The summed E-state index contributed by atoms with van der Waals surface area (Å²) in [5, 5.41) is 0. The highest BCUT2D eigenvalue weighted by Gasteiger charge is 2.16. The van der Waals surface area contributed by atoms with Crippen LogP contribution in [0.1, 0.15) is 18.1 Å². The summed E-state index contributed by atoms with van der Waals surface area (Å²) < 4.78 is 16.2. The molecule has 0 aromatic heterocycles. The molecule has 1 atom stereocenters. The van der Waals surface area contributed by atoms with E-state index in [1.54, 1.807) is 14.0 Å². The third kappa shape index (κ3) is 5.80. The molecule has 0 amide bonds. The maximum atomic E-state index is 11.6. The van der Waals surface area contributed by atoms with Crippen LogP contribution in [0, 0.1) is 0 Å². The summed E-state index contributed by atoms with van der Waals surface area (Å²) in [6.45, 7) is 2.64. The van der Waals surface area contributed by atoms with E-state index in [2.05, 4.69) is 12.1 Å². The van der Waals surface area contributed by atoms with E-state index in [1.807, 2.05) is 36.4 Å². The van der Waals surface area contributed by atoms with Crippen molar-refractivity contribution in [1.82, 2.24) is 0 Å². The van der Waals surface area contributed by atoms with Gasteiger partial charge in [-0.05, 0) is 36.6 Å². The van der Waals surface area contributed by atoms with Crippen LogP contribution in [-0.4, -0.2) is 32.3 Å². The van der Waals surface area contributed by atoms with Crippen LogP contribution in [-0.2, 0) is 22.4 Å². The van der Waals surface area contributed by atoms with Crippen LogP contribution in [0.2, 0.25) is 0 Å². The molecule has 2 aromatic carbocycles. The minimum Gasteiger partial charge on any atom is -0.493 e. The van der Waals surface area contributed by atoms with Crippen molar-refractivity contribution in [3.63, 3.8) is 0 Å². The van der Waals surface area contributed by atoms with Crippen LogP contribution >= 0.6 is 0 Å². The molecule has 0 saturated carbocycles. The quantitative estimate of drug-likeness (QED) is 0.709. The van der Waals surface area contributed by atoms with Crippen molar-refractivity contribution in [3.8, 4) is 11.5 Å². The van der Waals surface area contributed by atoms with Crippen LogP contribution in [0.3, 0.4) is 0 Å². The molecule has 0 saturated heterocycles. The second-order valence-electron chi connectivity index (χ2n) is 5.63. The van der Waals surface area contributed by atoms with Crippen molar-refractivity contribution in [2.45, 2.75) is 25.8 Å². The number of carbonyl (C=O) groups excluding carboxylic acids is 1. The van der Waals surface area contributed by atoms with Gasteiger partial charge in [0, 0.05) is 6.42 Å². The monoisotopic (exact) mass is 343 g/mol. The standard InChI is InChI=1S/C20H25NO4/c1-3-24-20(22)17(21)13-16-9-10-18(19(14-16)23-2)25-12-11-15-7-5-4-6-8-15/h4-10,14,17H,3,11-13,21H2,1-2H3. The molecular formula is C20H25NO4. The molecule has 0 spiro atoms. The third-order valence-electron chi connectivity index (χ3n) is 3.76. The molecule has 134 valence electrons. The number of nitrogens with two attached hydrogens (primary N) is 1. The van der Waals surface area contributed by atoms with Gasteiger partial charge in [0.05, 0.1) is 20.3 Å². The summed E-state index contributed by atoms with van der Waals surface area (Å²) in [6, 6.07) is 15.0. The van der Waals surface area contributed by atoms with Gasteiger partial charge in [-0.1, -0.05) is 36.4 Å². The maximum Gasteiger partial charge on any atom is 0.323 e. The van der Waals surface area contributed by atoms with Gasteiger partial charge >= 0.3 is 5.97 Å². The number of carbonyl (C=O) groups is 1. The van der Waals surface area contributed by atoms with Crippen LogP contribution in [0.15, 0.2) is 48.5 Å². The van der Waals surface area contributed by atoms with Gasteiger partial charge in [0.15, 0.2) is 11.5 Å². The van der Waals surface area contributed by atoms with Crippen molar-refractivity contribution in [1.29, 1.82) is 0 Å². The van der Waals surface area contributed by atoms with Gasteiger partial charge in [0.2, 0.25) is 0 Å². The zero-order valence-corrected chi connectivity index (χ0v) is 14.7. The minimum atomic E-state index is -0.686. The molecule has 2 N–H and O–H groups in total. The van der Waals surface area contributed by atoms with E-state index >= 15 is 0 Å². The van der Waals surface area contributed by atoms with Gasteiger partial charge < -0.3 is 19.9 Å². The lowest BCUT2D eigenvalue weighted by molar-refractivity contribution is -0.144. The first-order valence-electron chi connectivity index (χ1n) is 8.40. The fraction of sp³-hybridized carbons (Fsp3) is 0.350. The molecular weight excluding hydrogens is 318 g/mol. The van der Waals surface area contributed by atoms with E-state index in [1.165, 1.54) is 5.56 Å². The molecule has 5 nitrogen and oxygen atoms in total. The first-order valence-corrected chi connectivity index (χ1v) is 8.40. The Morgan fingerprint density at radius 1 is 1.08 bits per heavy atom. The summed E-state index contributed by atoms with van der Waals surface area (Å²) >= 11 is 0. The lowest BCUT2D eigenvalue weighted by Gasteiger charge is -2.14. The Kier molecular flexibility index (Phi) is 7.29. The highest BCUT2D eigenvalue weighted by molar-refractivity contribution is 5.75. The van der Waals surface area contributed by atoms with Gasteiger partial charge in [-0.25, -0.2) is 0 Å². The van der Waals surface area contributed by atoms with Crippen molar-refractivity contribution < 1.29 is 19.0 Å². The SMILES string of the molecule is CCOC(=O)C(N)Cc1ccc(OCCc2ccccc2)c(OC)c1. The largest absolute Gasteiger partial charge is 0.493 e. The number of ether oxygens (including phenoxy) is 3. The second kappa shape index (κ2) is 9.69. The summed E-state index contributed by atoms with van der Waals surface area (Å²) in [7, 11) is 1.59. The molecule has 0 heterocycles. The highest BCUT2D eigenvalue weighted by Crippen LogP contribution is 2.28. The smallest absolute Gasteiger partial charge is 0.323 e. The first kappa shape index (κ1) is 18.8. The van der Waals surface area contributed by atoms with Gasteiger partial charge in [0.1, 0.15) is 6.04 Å². The number of hydrogen-bond donors (Lipinski definition) is 1. The lowest BCUT2D eigenvalue weighted by atomic mass is 10.1. The van der Waals surface area contributed by atoms with Crippen molar-refractivity contribution >= 4 is 5.97 Å². The number of hydrogen-bond acceptors (Lipinski definition) is 5. The molecule has 0 radical (unpaired) electrons. The fourth-order valence-corrected chi connectivity index (χ4v) is 2.47. The normalized spacial score (nSPS) is 11.6. The summed E-state index contributed by atoms with van der Waals surface area (Å²) in [5.74, 6) is 0.901. The fourth-order valence-electron chi connectivity index (χ4n) is 2.47. The molecule has 5 heteroatoms. The predicted octanol–water partition coefficient (Wildman–Crippen LogP) is 2.75. The maximum absolute atomic E-state index is 11.6. The Labute approximate surface area is 148 Å². The van der Waals surface area contributed by atoms with Crippen molar-refractivity contribution in [2.24, 2.45) is 5.73 Å². The van der Waals surface area contributed by atoms with Gasteiger partial charge in [0.25, 0.3) is 0 Å². The molecule has 25 heavy (non-hydrogen) atoms. The highest BCUT2D eigenvalue weighted by atomic mass is 16.5. The van der Waals surface area contributed by atoms with E-state index in [0.29, 0.717) is 31.1 Å². The van der Waals surface area contributed by atoms with Crippen LogP contribution < -0.4 is 15.2 Å². The Bertz CT molecular complexity index is 673. The Morgan fingerprint density at radius 3 is 2.52 bits per heavy atom. The van der Waals surface area contributed by atoms with Crippen molar-refractivity contribution in [2.75, 3.05) is 20.3 Å². The van der Waals surface area contributed by atoms with E-state index in [9.17, 15) is 4.79 Å². The van der Waals surface area contributed by atoms with Crippen LogP contribution in [0.5, 0.6) is 11.5 Å². The van der Waals surface area contributed by atoms with Crippen molar-refractivity contribution in [3.05, 3.63) is 59.7 Å². The molecule has 1 unspecified atom stereocenters. The lowest BCUT2D eigenvalue weighted by Crippen LogP contribution is -2.34. The zero-order valence-electron chi connectivity index (χ0n) is 14.7. The van der Waals surface area contributed by atoms with E-state index in [-0.39, 0.29) is 0 Å². The number of esters is 1. The Hall–Kier alpha value is -2.53. The molecule has 0 aliphatic carbocycles. The Morgan fingerprint density at radius 2 is 1.84 bits per heavy atom. The Balaban J connectivity index is 1.95. The van der Waals surface area contributed by atoms with Gasteiger partial charge in [-0.3, -0.25) is 4.79 Å². The van der Waals surface area contributed by atoms with Crippen LogP contribution in [0.4, 0.5) is 0 Å². The summed E-state index contributed by atoms with van der Waals surface area (Å²) in [4.78, 5) is 11.6. The minimum absolute atomic E-state index is 0.323. The number of rotatable bonds is 9. The van der Waals surface area contributed by atoms with E-state index < -0.39 is 12.0 Å². The molecule has 0 aliphatic rings. The number of methoxy groups -OCH3 is 1.